The van der Waals surface area contributed by atoms with Crippen LogP contribution in [-0.2, 0) is 11.2 Å². The molecule has 88 valence electrons. The minimum atomic E-state index is -0.137. The fourth-order valence-electron chi connectivity index (χ4n) is 2.03. The van der Waals surface area contributed by atoms with E-state index in [-0.39, 0.29) is 11.8 Å². The fourth-order valence-corrected chi connectivity index (χ4v) is 2.24. The number of halogens is 1. The average molecular weight is 249 g/mol. The predicted octanol–water partition coefficient (Wildman–Crippen LogP) is 2.25. The van der Waals surface area contributed by atoms with Crippen molar-refractivity contribution >= 4 is 17.5 Å². The minimum Gasteiger partial charge on any atom is -0.341 e. The maximum absolute atomic E-state index is 11.6. The number of carbonyl (C=O) groups is 1. The first-order valence-corrected chi connectivity index (χ1v) is 5.98. The summed E-state index contributed by atoms with van der Waals surface area (Å²) in [5, 5.41) is 9.49. The van der Waals surface area contributed by atoms with Gasteiger partial charge in [0, 0.05) is 24.5 Å². The van der Waals surface area contributed by atoms with Crippen LogP contribution < -0.4 is 0 Å². The number of nitriles is 1. The second-order valence-corrected chi connectivity index (χ2v) is 4.69. The molecule has 0 saturated carbocycles. The zero-order valence-electron chi connectivity index (χ0n) is 9.40. The van der Waals surface area contributed by atoms with Crippen molar-refractivity contribution in [1.29, 1.82) is 5.26 Å². The van der Waals surface area contributed by atoms with Gasteiger partial charge in [0.15, 0.2) is 0 Å². The van der Waals surface area contributed by atoms with Crippen LogP contribution in [0.25, 0.3) is 0 Å². The zero-order valence-corrected chi connectivity index (χ0v) is 10.2. The van der Waals surface area contributed by atoms with Gasteiger partial charge in [-0.2, -0.15) is 5.26 Å². The number of amides is 1. The molecule has 1 amide bonds. The highest BCUT2D eigenvalue weighted by molar-refractivity contribution is 6.30. The molecule has 1 aliphatic heterocycles. The Balaban J connectivity index is 1.91. The molecule has 2 rings (SSSR count). The molecule has 1 aromatic carbocycles. The van der Waals surface area contributed by atoms with Crippen molar-refractivity contribution in [3.63, 3.8) is 0 Å². The molecule has 0 N–H and O–H groups in total. The van der Waals surface area contributed by atoms with Crippen LogP contribution in [0.2, 0.25) is 5.02 Å². The lowest BCUT2D eigenvalue weighted by molar-refractivity contribution is -0.127. The zero-order chi connectivity index (χ0) is 12.3. The van der Waals surface area contributed by atoms with Gasteiger partial charge in [-0.3, -0.25) is 4.79 Å². The number of hydrogen-bond acceptors (Lipinski definition) is 2. The summed E-state index contributed by atoms with van der Waals surface area (Å²) in [7, 11) is 0. The third-order valence-electron chi connectivity index (χ3n) is 2.96. The van der Waals surface area contributed by atoms with Crippen LogP contribution >= 0.6 is 11.6 Å². The highest BCUT2D eigenvalue weighted by atomic mass is 35.5. The van der Waals surface area contributed by atoms with E-state index in [2.05, 4.69) is 6.07 Å². The van der Waals surface area contributed by atoms with Crippen LogP contribution in [0.1, 0.15) is 12.0 Å². The van der Waals surface area contributed by atoms with Gasteiger partial charge in [-0.1, -0.05) is 23.7 Å². The van der Waals surface area contributed by atoms with Crippen molar-refractivity contribution in [2.75, 3.05) is 13.1 Å². The summed E-state index contributed by atoms with van der Waals surface area (Å²) in [5.41, 5.74) is 1.12. The van der Waals surface area contributed by atoms with Crippen LogP contribution in [0, 0.1) is 17.2 Å². The van der Waals surface area contributed by atoms with Gasteiger partial charge in [0.2, 0.25) is 5.91 Å². The third kappa shape index (κ3) is 2.98. The van der Waals surface area contributed by atoms with Gasteiger partial charge in [-0.15, -0.1) is 0 Å². The number of benzene rings is 1. The molecular weight excluding hydrogens is 236 g/mol. The van der Waals surface area contributed by atoms with Crippen LogP contribution in [0.3, 0.4) is 0 Å². The number of likely N-dealkylation sites (tertiary alicyclic amines) is 1. The first-order valence-electron chi connectivity index (χ1n) is 5.61. The van der Waals surface area contributed by atoms with E-state index < -0.39 is 0 Å². The van der Waals surface area contributed by atoms with Crippen LogP contribution in [0.15, 0.2) is 24.3 Å². The van der Waals surface area contributed by atoms with Gasteiger partial charge < -0.3 is 4.90 Å². The molecule has 0 aromatic heterocycles. The molecular formula is C13H13ClN2O. The highest BCUT2D eigenvalue weighted by Crippen LogP contribution is 2.18. The highest BCUT2D eigenvalue weighted by Gasteiger charge is 2.28. The van der Waals surface area contributed by atoms with E-state index in [0.717, 1.165) is 12.0 Å². The molecule has 1 saturated heterocycles. The summed E-state index contributed by atoms with van der Waals surface area (Å²) in [5.74, 6) is -0.0551. The average Bonchev–Trinajstić information content (AvgIpc) is 2.68. The molecule has 1 heterocycles. The van der Waals surface area contributed by atoms with Crippen LogP contribution in [0.5, 0.6) is 0 Å². The van der Waals surface area contributed by atoms with E-state index in [4.69, 9.17) is 16.9 Å². The summed E-state index contributed by atoms with van der Waals surface area (Å²) >= 11 is 5.89. The van der Waals surface area contributed by atoms with Crippen molar-refractivity contribution in [1.82, 2.24) is 4.90 Å². The Morgan fingerprint density at radius 3 is 3.00 bits per heavy atom. The predicted molar refractivity (Wildman–Crippen MR) is 65.5 cm³/mol. The van der Waals surface area contributed by atoms with Gasteiger partial charge in [0.25, 0.3) is 0 Å². The summed E-state index contributed by atoms with van der Waals surface area (Å²) in [6.07, 6.45) is 1.15. The monoisotopic (exact) mass is 248 g/mol. The molecule has 1 atom stereocenters. The van der Waals surface area contributed by atoms with E-state index in [0.29, 0.717) is 24.5 Å². The summed E-state index contributed by atoms with van der Waals surface area (Å²) in [6, 6.07) is 9.78. The van der Waals surface area contributed by atoms with Crippen molar-refractivity contribution in [2.45, 2.75) is 12.8 Å². The molecule has 1 aliphatic rings. The standard InChI is InChI=1S/C13H13ClN2O/c14-12-3-1-2-10(6-12)4-5-16-9-11(8-15)7-13(16)17/h1-3,6,11H,4-5,7,9H2. The number of rotatable bonds is 3. The molecule has 0 radical (unpaired) electrons. The normalized spacial score (nSPS) is 19.4. The lowest BCUT2D eigenvalue weighted by atomic mass is 10.1. The van der Waals surface area contributed by atoms with E-state index in [1.54, 1.807) is 4.90 Å². The maximum Gasteiger partial charge on any atom is 0.224 e. The topological polar surface area (TPSA) is 44.1 Å². The Hall–Kier alpha value is -1.53. The number of nitrogens with zero attached hydrogens (tertiary/aromatic N) is 2. The number of hydrogen-bond donors (Lipinski definition) is 0. The molecule has 17 heavy (non-hydrogen) atoms. The van der Waals surface area contributed by atoms with Crippen LogP contribution in [-0.4, -0.2) is 23.9 Å². The Morgan fingerprint density at radius 2 is 2.35 bits per heavy atom. The van der Waals surface area contributed by atoms with E-state index >= 15 is 0 Å². The second-order valence-electron chi connectivity index (χ2n) is 4.25. The van der Waals surface area contributed by atoms with E-state index in [9.17, 15) is 4.79 Å². The van der Waals surface area contributed by atoms with Crippen molar-refractivity contribution < 1.29 is 4.79 Å². The van der Waals surface area contributed by atoms with Crippen LogP contribution in [0.4, 0.5) is 0 Å². The van der Waals surface area contributed by atoms with E-state index in [1.165, 1.54) is 0 Å². The first kappa shape index (κ1) is 11.9. The smallest absolute Gasteiger partial charge is 0.224 e. The molecule has 1 aromatic rings. The number of carbonyl (C=O) groups excluding carboxylic acids is 1. The molecule has 0 aliphatic carbocycles. The van der Waals surface area contributed by atoms with Gasteiger partial charge in [-0.25, -0.2) is 0 Å². The second kappa shape index (κ2) is 5.20. The van der Waals surface area contributed by atoms with Gasteiger partial charge in [0.05, 0.1) is 12.0 Å². The third-order valence-corrected chi connectivity index (χ3v) is 3.19. The lowest BCUT2D eigenvalue weighted by Crippen LogP contribution is -2.27. The molecule has 4 heteroatoms. The largest absolute Gasteiger partial charge is 0.341 e. The fraction of sp³-hybridized carbons (Fsp3) is 0.385. The van der Waals surface area contributed by atoms with Crippen molar-refractivity contribution in [3.05, 3.63) is 34.9 Å². The van der Waals surface area contributed by atoms with Crippen molar-refractivity contribution in [2.24, 2.45) is 5.92 Å². The van der Waals surface area contributed by atoms with E-state index in [1.807, 2.05) is 24.3 Å². The molecule has 1 fully saturated rings. The quantitative estimate of drug-likeness (QED) is 0.824. The Labute approximate surface area is 106 Å². The summed E-state index contributed by atoms with van der Waals surface area (Å²) in [4.78, 5) is 13.3. The molecule has 0 spiro atoms. The first-order chi connectivity index (χ1) is 8.19. The van der Waals surface area contributed by atoms with Gasteiger partial charge in [-0.05, 0) is 24.1 Å². The van der Waals surface area contributed by atoms with Gasteiger partial charge in [0.1, 0.15) is 0 Å². The Kier molecular flexibility index (Phi) is 3.65. The SMILES string of the molecule is N#CC1CC(=O)N(CCc2cccc(Cl)c2)C1. The maximum atomic E-state index is 11.6. The lowest BCUT2D eigenvalue weighted by Gasteiger charge is -2.15. The molecule has 0 bridgehead atoms. The molecule has 1 unspecified atom stereocenters. The Bertz CT molecular complexity index is 467. The van der Waals surface area contributed by atoms with Crippen molar-refractivity contribution in [3.8, 4) is 6.07 Å². The van der Waals surface area contributed by atoms with Gasteiger partial charge >= 0.3 is 0 Å². The summed E-state index contributed by atoms with van der Waals surface area (Å²) in [6.45, 7) is 1.23. The minimum absolute atomic E-state index is 0.0820. The Morgan fingerprint density at radius 1 is 1.53 bits per heavy atom. The molecule has 3 nitrogen and oxygen atoms in total. The summed E-state index contributed by atoms with van der Waals surface area (Å²) < 4.78 is 0.